The highest BCUT2D eigenvalue weighted by atomic mass is 16.7. The van der Waals surface area contributed by atoms with E-state index < -0.39 is 0 Å². The normalized spacial score (nSPS) is 21.7. The maximum atomic E-state index is 11.9. The van der Waals surface area contributed by atoms with Gasteiger partial charge in [0.25, 0.3) is 0 Å². The zero-order valence-corrected chi connectivity index (χ0v) is 11.3. The van der Waals surface area contributed by atoms with Crippen molar-refractivity contribution in [3.63, 3.8) is 0 Å². The second-order valence-corrected chi connectivity index (χ2v) is 4.47. The van der Waals surface area contributed by atoms with E-state index in [9.17, 15) is 4.79 Å². The Balaban J connectivity index is 0.000000771. The number of fused-ring (bicyclic) bond motifs is 2. The number of amides is 2. The van der Waals surface area contributed by atoms with Crippen molar-refractivity contribution in [2.75, 3.05) is 26.8 Å². The first-order valence-corrected chi connectivity index (χ1v) is 6.11. The van der Waals surface area contributed by atoms with Gasteiger partial charge in [-0.3, -0.25) is 4.84 Å². The Morgan fingerprint density at radius 3 is 2.83 bits per heavy atom. The molecule has 1 fully saturated rings. The molecule has 5 heteroatoms. The Morgan fingerprint density at radius 2 is 2.28 bits per heavy atom. The highest BCUT2D eigenvalue weighted by molar-refractivity contribution is 5.77. The van der Waals surface area contributed by atoms with Crippen LogP contribution in [0.25, 0.3) is 0 Å². The molecule has 0 spiro atoms. The van der Waals surface area contributed by atoms with Gasteiger partial charge in [-0.2, -0.15) is 5.06 Å². The van der Waals surface area contributed by atoms with Gasteiger partial charge in [0, 0.05) is 20.2 Å². The first-order valence-electron chi connectivity index (χ1n) is 6.11. The Labute approximate surface area is 108 Å². The van der Waals surface area contributed by atoms with Crippen molar-refractivity contribution in [3.05, 3.63) is 24.3 Å². The molecule has 0 radical (unpaired) electrons. The molecule has 5 nitrogen and oxygen atoms in total. The molecule has 1 unspecified atom stereocenters. The number of carbonyl (C=O) groups excluding carboxylic acids is 1. The topological polar surface area (TPSA) is 53.0 Å². The summed E-state index contributed by atoms with van der Waals surface area (Å²) < 4.78 is 0. The molecule has 0 aromatic heterocycles. The number of aliphatic hydroxyl groups excluding tert-OH is 1. The van der Waals surface area contributed by atoms with Gasteiger partial charge in [0.15, 0.2) is 0 Å². The van der Waals surface area contributed by atoms with Crippen LogP contribution in [0, 0.1) is 5.92 Å². The Morgan fingerprint density at radius 1 is 1.61 bits per heavy atom. The molecule has 1 atom stereocenters. The molecule has 2 aliphatic rings. The van der Waals surface area contributed by atoms with Crippen LogP contribution in [0.2, 0.25) is 0 Å². The maximum Gasteiger partial charge on any atom is 0.344 e. The van der Waals surface area contributed by atoms with Gasteiger partial charge >= 0.3 is 6.03 Å². The van der Waals surface area contributed by atoms with Gasteiger partial charge in [-0.05, 0) is 11.5 Å². The van der Waals surface area contributed by atoms with Crippen molar-refractivity contribution in [3.8, 4) is 0 Å². The smallest absolute Gasteiger partial charge is 0.344 e. The van der Waals surface area contributed by atoms with Crippen LogP contribution in [0.3, 0.4) is 0 Å². The molecule has 1 saturated heterocycles. The molecule has 2 amide bonds. The van der Waals surface area contributed by atoms with Crippen LogP contribution in [0.1, 0.15) is 13.8 Å². The van der Waals surface area contributed by atoms with Crippen molar-refractivity contribution in [2.45, 2.75) is 19.9 Å². The van der Waals surface area contributed by atoms with E-state index in [4.69, 9.17) is 9.94 Å². The molecular weight excluding hydrogens is 232 g/mol. The summed E-state index contributed by atoms with van der Waals surface area (Å²) in [6.07, 6.45) is 3.80. The highest BCUT2D eigenvalue weighted by Gasteiger charge is 2.42. The number of nitrogens with zero attached hydrogens (tertiary/aromatic N) is 2. The summed E-state index contributed by atoms with van der Waals surface area (Å²) in [6, 6.07) is 0.0555. The summed E-state index contributed by atoms with van der Waals surface area (Å²) in [5, 5.41) is 8.50. The quantitative estimate of drug-likeness (QED) is 0.772. The van der Waals surface area contributed by atoms with Crippen LogP contribution in [0.15, 0.2) is 24.3 Å². The highest BCUT2D eigenvalue weighted by Crippen LogP contribution is 2.30. The van der Waals surface area contributed by atoms with E-state index in [1.54, 1.807) is 11.0 Å². The predicted octanol–water partition coefficient (Wildman–Crippen LogP) is 1.41. The lowest BCUT2D eigenvalue weighted by atomic mass is 9.94. The van der Waals surface area contributed by atoms with E-state index in [1.165, 1.54) is 10.6 Å². The fourth-order valence-corrected chi connectivity index (χ4v) is 2.28. The lowest BCUT2D eigenvalue weighted by molar-refractivity contribution is -0.111. The van der Waals surface area contributed by atoms with Crippen LogP contribution < -0.4 is 0 Å². The van der Waals surface area contributed by atoms with Gasteiger partial charge < -0.3 is 10.0 Å². The first-order chi connectivity index (χ1) is 8.65. The minimum absolute atomic E-state index is 0.0289. The van der Waals surface area contributed by atoms with E-state index in [-0.39, 0.29) is 12.1 Å². The lowest BCUT2D eigenvalue weighted by Crippen LogP contribution is -2.36. The molecule has 102 valence electrons. The molecule has 0 saturated carbocycles. The molecule has 0 aromatic carbocycles. The van der Waals surface area contributed by atoms with Crippen LogP contribution in [-0.2, 0) is 4.84 Å². The van der Waals surface area contributed by atoms with Crippen molar-refractivity contribution < 1.29 is 14.7 Å². The molecule has 2 aliphatic heterocycles. The number of rotatable bonds is 4. The molecule has 2 rings (SSSR count). The summed E-state index contributed by atoms with van der Waals surface area (Å²) in [4.78, 5) is 19.2. The fourth-order valence-electron chi connectivity index (χ4n) is 2.28. The van der Waals surface area contributed by atoms with E-state index >= 15 is 0 Å². The fraction of sp³-hybridized carbons (Fsp3) is 0.615. The Hall–Kier alpha value is -1.33. The van der Waals surface area contributed by atoms with Gasteiger partial charge in [0.1, 0.15) is 6.04 Å². The molecule has 18 heavy (non-hydrogen) atoms. The van der Waals surface area contributed by atoms with Gasteiger partial charge in [0.2, 0.25) is 0 Å². The average Bonchev–Trinajstić information content (AvgIpc) is 2.62. The van der Waals surface area contributed by atoms with Gasteiger partial charge in [-0.25, -0.2) is 4.79 Å². The van der Waals surface area contributed by atoms with Crippen molar-refractivity contribution in [2.24, 2.45) is 5.92 Å². The zero-order valence-electron chi connectivity index (χ0n) is 11.3. The number of carbonyl (C=O) groups is 1. The second kappa shape index (κ2) is 6.56. The van der Waals surface area contributed by atoms with Crippen LogP contribution in [0.5, 0.6) is 0 Å². The van der Waals surface area contributed by atoms with Crippen LogP contribution in [-0.4, -0.2) is 53.9 Å². The molecule has 0 aliphatic carbocycles. The summed E-state index contributed by atoms with van der Waals surface area (Å²) >= 11 is 0. The molecule has 2 bridgehead atoms. The molecular formula is C13H22N2O3. The lowest BCUT2D eigenvalue weighted by Gasteiger charge is -2.26. The second-order valence-electron chi connectivity index (χ2n) is 4.47. The minimum Gasteiger partial charge on any atom is -0.400 e. The molecule has 1 N–H and O–H groups in total. The number of urea groups is 1. The zero-order chi connectivity index (χ0) is 13.7. The third-order valence-electron chi connectivity index (χ3n) is 3.07. The molecule has 0 aromatic rings. The van der Waals surface area contributed by atoms with Crippen LogP contribution in [0.4, 0.5) is 4.79 Å². The van der Waals surface area contributed by atoms with Crippen molar-refractivity contribution in [1.82, 2.24) is 9.96 Å². The average molecular weight is 254 g/mol. The Kier molecular flexibility index (Phi) is 5.37. The summed E-state index contributed by atoms with van der Waals surface area (Å²) in [5.41, 5.74) is 1.30. The number of hydroxylamine groups is 2. The Bertz CT molecular complexity index is 339. The standard InChI is InChI=1S/C12H18N2O2.CH4O/c1-4-7-16-14-11-8-13(12(14)15)6-5-10(11)9(2)3;1-2/h4-5,9,11H,1,6-8H2,2-3H3;2H,1H3. The number of hydrogen-bond acceptors (Lipinski definition) is 3. The van der Waals surface area contributed by atoms with Crippen LogP contribution >= 0.6 is 0 Å². The van der Waals surface area contributed by atoms with Gasteiger partial charge in [0.05, 0.1) is 6.61 Å². The van der Waals surface area contributed by atoms with E-state index in [0.717, 1.165) is 13.7 Å². The number of hydrogen-bond donors (Lipinski definition) is 1. The van der Waals surface area contributed by atoms with Crippen molar-refractivity contribution in [1.29, 1.82) is 0 Å². The minimum atomic E-state index is -0.0289. The monoisotopic (exact) mass is 254 g/mol. The summed E-state index contributed by atoms with van der Waals surface area (Å²) in [7, 11) is 1.00. The third-order valence-corrected chi connectivity index (χ3v) is 3.07. The van der Waals surface area contributed by atoms with E-state index in [2.05, 4.69) is 26.5 Å². The maximum absolute atomic E-state index is 11.9. The SMILES string of the molecule is C=CCON1C(=O)N2CC=C(C(C)C)C1C2.CO. The third kappa shape index (κ3) is 2.73. The largest absolute Gasteiger partial charge is 0.400 e. The van der Waals surface area contributed by atoms with Gasteiger partial charge in [-0.15, -0.1) is 6.58 Å². The van der Waals surface area contributed by atoms with E-state index in [0.29, 0.717) is 19.1 Å². The predicted molar refractivity (Wildman–Crippen MR) is 69.8 cm³/mol. The molecule has 2 heterocycles. The summed E-state index contributed by atoms with van der Waals surface area (Å²) in [5.74, 6) is 0.452. The van der Waals surface area contributed by atoms with E-state index in [1.807, 2.05) is 0 Å². The van der Waals surface area contributed by atoms with Crippen molar-refractivity contribution >= 4 is 6.03 Å². The number of aliphatic hydroxyl groups is 1. The first kappa shape index (κ1) is 14.7. The van der Waals surface area contributed by atoms with Gasteiger partial charge in [-0.1, -0.05) is 26.0 Å². The summed E-state index contributed by atoms with van der Waals surface area (Å²) in [6.45, 7) is 9.72.